The van der Waals surface area contributed by atoms with Crippen LogP contribution in [0.15, 0.2) is 42.5 Å². The maximum atomic E-state index is 8.89. The third-order valence-corrected chi connectivity index (χ3v) is 2.89. The van der Waals surface area contributed by atoms with Crippen molar-refractivity contribution in [2.45, 2.75) is 13.5 Å². The molecular formula is C16H15NO2. The van der Waals surface area contributed by atoms with E-state index in [1.54, 1.807) is 19.2 Å². The number of hydrogen-bond donors (Lipinski definition) is 0. The van der Waals surface area contributed by atoms with Crippen LogP contribution in [0.2, 0.25) is 0 Å². The van der Waals surface area contributed by atoms with Crippen molar-refractivity contribution in [3.8, 4) is 17.6 Å². The lowest BCUT2D eigenvalue weighted by molar-refractivity contribution is 0.295. The summed E-state index contributed by atoms with van der Waals surface area (Å²) < 4.78 is 11.1. The summed E-state index contributed by atoms with van der Waals surface area (Å²) >= 11 is 0. The number of methoxy groups -OCH3 is 1. The molecule has 3 nitrogen and oxygen atoms in total. The molecule has 0 aliphatic heterocycles. The molecule has 2 aromatic rings. The van der Waals surface area contributed by atoms with Gasteiger partial charge in [-0.1, -0.05) is 24.3 Å². The van der Waals surface area contributed by atoms with Gasteiger partial charge in [-0.15, -0.1) is 0 Å². The van der Waals surface area contributed by atoms with E-state index >= 15 is 0 Å². The molecule has 2 aromatic carbocycles. The summed E-state index contributed by atoms with van der Waals surface area (Å²) in [5.74, 6) is 1.53. The Balaban J connectivity index is 2.17. The summed E-state index contributed by atoms with van der Waals surface area (Å²) in [5.41, 5.74) is 2.58. The minimum Gasteiger partial charge on any atom is -0.496 e. The van der Waals surface area contributed by atoms with Gasteiger partial charge in [0.05, 0.1) is 18.7 Å². The van der Waals surface area contributed by atoms with Gasteiger partial charge in [0, 0.05) is 5.56 Å². The zero-order valence-electron chi connectivity index (χ0n) is 11.0. The summed E-state index contributed by atoms with van der Waals surface area (Å²) in [6, 6.07) is 15.3. The lowest BCUT2D eigenvalue weighted by Crippen LogP contribution is -1.99. The monoisotopic (exact) mass is 253 g/mol. The van der Waals surface area contributed by atoms with Gasteiger partial charge in [0.15, 0.2) is 0 Å². The van der Waals surface area contributed by atoms with Gasteiger partial charge in [-0.3, -0.25) is 0 Å². The summed E-state index contributed by atoms with van der Waals surface area (Å²) in [4.78, 5) is 0. The molecule has 0 radical (unpaired) electrons. The van der Waals surface area contributed by atoms with Crippen molar-refractivity contribution < 1.29 is 9.47 Å². The molecule has 19 heavy (non-hydrogen) atoms. The maximum absolute atomic E-state index is 8.89. The van der Waals surface area contributed by atoms with Crippen molar-refractivity contribution in [3.63, 3.8) is 0 Å². The summed E-state index contributed by atoms with van der Waals surface area (Å²) in [6.45, 7) is 2.37. The number of nitrogens with zero attached hydrogens (tertiary/aromatic N) is 1. The maximum Gasteiger partial charge on any atom is 0.125 e. The van der Waals surface area contributed by atoms with E-state index < -0.39 is 0 Å². The molecule has 2 rings (SSSR count). The second kappa shape index (κ2) is 5.92. The average molecular weight is 253 g/mol. The van der Waals surface area contributed by atoms with Crippen LogP contribution < -0.4 is 9.47 Å². The molecule has 96 valence electrons. The quantitative estimate of drug-likeness (QED) is 0.838. The Hall–Kier alpha value is -2.47. The van der Waals surface area contributed by atoms with Crippen molar-refractivity contribution in [1.29, 1.82) is 5.26 Å². The normalized spacial score (nSPS) is 9.74. The van der Waals surface area contributed by atoms with Crippen molar-refractivity contribution in [2.75, 3.05) is 7.11 Å². The number of rotatable bonds is 4. The number of hydrogen-bond acceptors (Lipinski definition) is 3. The van der Waals surface area contributed by atoms with E-state index in [1.807, 2.05) is 37.3 Å². The van der Waals surface area contributed by atoms with Crippen LogP contribution in [0.1, 0.15) is 16.7 Å². The highest BCUT2D eigenvalue weighted by Gasteiger charge is 2.05. The molecule has 0 aliphatic carbocycles. The third kappa shape index (κ3) is 3.05. The fourth-order valence-corrected chi connectivity index (χ4v) is 1.80. The van der Waals surface area contributed by atoms with E-state index in [2.05, 4.69) is 6.07 Å². The van der Waals surface area contributed by atoms with Gasteiger partial charge in [-0.2, -0.15) is 5.26 Å². The van der Waals surface area contributed by atoms with Crippen molar-refractivity contribution >= 4 is 0 Å². The van der Waals surface area contributed by atoms with Gasteiger partial charge in [-0.05, 0) is 30.7 Å². The Kier molecular flexibility index (Phi) is 4.04. The first-order valence-electron chi connectivity index (χ1n) is 6.00. The fourth-order valence-electron chi connectivity index (χ4n) is 1.80. The number of benzene rings is 2. The molecular weight excluding hydrogens is 238 g/mol. The van der Waals surface area contributed by atoms with Gasteiger partial charge in [0.25, 0.3) is 0 Å². The van der Waals surface area contributed by atoms with Gasteiger partial charge in [0.2, 0.25) is 0 Å². The topological polar surface area (TPSA) is 42.2 Å². The molecule has 0 amide bonds. The van der Waals surface area contributed by atoms with Crippen molar-refractivity contribution in [1.82, 2.24) is 0 Å². The lowest BCUT2D eigenvalue weighted by Gasteiger charge is -2.12. The highest BCUT2D eigenvalue weighted by molar-refractivity contribution is 5.42. The molecule has 0 saturated heterocycles. The molecule has 0 aliphatic rings. The molecule has 0 aromatic heterocycles. The highest BCUT2D eigenvalue weighted by atomic mass is 16.5. The van der Waals surface area contributed by atoms with Crippen LogP contribution >= 0.6 is 0 Å². The van der Waals surface area contributed by atoms with E-state index in [1.165, 1.54) is 0 Å². The predicted octanol–water partition coefficient (Wildman–Crippen LogP) is 3.45. The fraction of sp³-hybridized carbons (Fsp3) is 0.188. The number of aryl methyl sites for hydroxylation is 1. The summed E-state index contributed by atoms with van der Waals surface area (Å²) in [6.07, 6.45) is 0. The Bertz CT molecular complexity index is 614. The third-order valence-electron chi connectivity index (χ3n) is 2.89. The van der Waals surface area contributed by atoms with Gasteiger partial charge in [0.1, 0.15) is 18.1 Å². The smallest absolute Gasteiger partial charge is 0.125 e. The predicted molar refractivity (Wildman–Crippen MR) is 73.2 cm³/mol. The second-order valence-electron chi connectivity index (χ2n) is 4.19. The van der Waals surface area contributed by atoms with E-state index in [-0.39, 0.29) is 0 Å². The van der Waals surface area contributed by atoms with Crippen molar-refractivity contribution in [2.24, 2.45) is 0 Å². The molecule has 0 N–H and O–H groups in total. The van der Waals surface area contributed by atoms with Gasteiger partial charge in [-0.25, -0.2) is 0 Å². The number of para-hydroxylation sites is 1. The SMILES string of the molecule is COc1ccccc1COc1cc(C#N)ccc1C. The number of nitriles is 1. The zero-order valence-corrected chi connectivity index (χ0v) is 11.0. The van der Waals surface area contributed by atoms with Gasteiger partial charge < -0.3 is 9.47 Å². The standard InChI is InChI=1S/C16H15NO2/c1-12-7-8-13(10-17)9-16(12)19-11-14-5-3-4-6-15(14)18-2/h3-9H,11H2,1-2H3. The largest absolute Gasteiger partial charge is 0.496 e. The Morgan fingerprint density at radius 3 is 2.63 bits per heavy atom. The molecule has 0 fully saturated rings. The van der Waals surface area contributed by atoms with Crippen LogP contribution in [0.4, 0.5) is 0 Å². The molecule has 0 spiro atoms. The Morgan fingerprint density at radius 1 is 1.11 bits per heavy atom. The molecule has 0 unspecified atom stereocenters. The van der Waals surface area contributed by atoms with Crippen LogP contribution in [0, 0.1) is 18.3 Å². The molecule has 3 heteroatoms. The van der Waals surface area contributed by atoms with Crippen LogP contribution in [0.5, 0.6) is 11.5 Å². The van der Waals surface area contributed by atoms with Crippen LogP contribution in [-0.4, -0.2) is 7.11 Å². The highest BCUT2D eigenvalue weighted by Crippen LogP contribution is 2.23. The van der Waals surface area contributed by atoms with Crippen LogP contribution in [-0.2, 0) is 6.61 Å². The van der Waals surface area contributed by atoms with E-state index in [4.69, 9.17) is 14.7 Å². The van der Waals surface area contributed by atoms with Crippen LogP contribution in [0.3, 0.4) is 0 Å². The minimum absolute atomic E-state index is 0.416. The first-order chi connectivity index (χ1) is 9.24. The number of ether oxygens (including phenoxy) is 2. The molecule has 0 bridgehead atoms. The van der Waals surface area contributed by atoms with Crippen LogP contribution in [0.25, 0.3) is 0 Å². The summed E-state index contributed by atoms with van der Waals surface area (Å²) in [5, 5.41) is 8.89. The summed E-state index contributed by atoms with van der Waals surface area (Å²) in [7, 11) is 1.64. The second-order valence-corrected chi connectivity index (χ2v) is 4.19. The van der Waals surface area contributed by atoms with E-state index in [0.29, 0.717) is 12.2 Å². The van der Waals surface area contributed by atoms with E-state index in [9.17, 15) is 0 Å². The molecule has 0 atom stereocenters. The van der Waals surface area contributed by atoms with E-state index in [0.717, 1.165) is 22.6 Å². The first kappa shape index (κ1) is 13.0. The average Bonchev–Trinajstić information content (AvgIpc) is 2.46. The van der Waals surface area contributed by atoms with Gasteiger partial charge >= 0.3 is 0 Å². The van der Waals surface area contributed by atoms with Crippen molar-refractivity contribution in [3.05, 3.63) is 59.2 Å². The zero-order chi connectivity index (χ0) is 13.7. The Morgan fingerprint density at radius 2 is 1.89 bits per heavy atom. The first-order valence-corrected chi connectivity index (χ1v) is 6.00. The molecule has 0 heterocycles. The molecule has 0 saturated carbocycles. The Labute approximate surface area is 113 Å². The lowest BCUT2D eigenvalue weighted by atomic mass is 10.1. The minimum atomic E-state index is 0.416.